The zero-order valence-electron chi connectivity index (χ0n) is 16.7. The number of likely N-dealkylation sites (tertiary alicyclic amines) is 1. The van der Waals surface area contributed by atoms with Crippen molar-refractivity contribution >= 4 is 12.2 Å². The van der Waals surface area contributed by atoms with Crippen molar-refractivity contribution in [3.05, 3.63) is 77.8 Å². The number of hydrogen-bond donors (Lipinski definition) is 0. The van der Waals surface area contributed by atoms with Gasteiger partial charge in [-0.1, -0.05) is 36.4 Å². The van der Waals surface area contributed by atoms with Gasteiger partial charge in [0.1, 0.15) is 0 Å². The summed E-state index contributed by atoms with van der Waals surface area (Å²) in [5, 5.41) is 4.84. The largest absolute Gasteiger partial charge is 0.296 e. The zero-order valence-corrected chi connectivity index (χ0v) is 17.5. The molecular formula is C23H27N5S. The lowest BCUT2D eigenvalue weighted by molar-refractivity contribution is 0.140. The van der Waals surface area contributed by atoms with E-state index in [1.807, 2.05) is 27.5 Å². The molecule has 29 heavy (non-hydrogen) atoms. The van der Waals surface area contributed by atoms with Gasteiger partial charge in [-0.3, -0.25) is 14.5 Å². The summed E-state index contributed by atoms with van der Waals surface area (Å²) < 4.78 is 4.73. The van der Waals surface area contributed by atoms with Crippen molar-refractivity contribution in [3.63, 3.8) is 0 Å². The summed E-state index contributed by atoms with van der Waals surface area (Å²) in [6.07, 6.45) is 9.04. The Kier molecular flexibility index (Phi) is 6.32. The number of nitrogens with zero attached hydrogens (tertiary/aromatic N) is 5. The average Bonchev–Trinajstić information content (AvgIpc) is 3.07. The second kappa shape index (κ2) is 9.29. The predicted octanol–water partition coefficient (Wildman–Crippen LogP) is 4.57. The maximum atomic E-state index is 5.73. The zero-order chi connectivity index (χ0) is 20.1. The third-order valence-electron chi connectivity index (χ3n) is 5.58. The highest BCUT2D eigenvalue weighted by atomic mass is 32.1. The van der Waals surface area contributed by atoms with E-state index in [2.05, 4.69) is 46.8 Å². The maximum absolute atomic E-state index is 5.73. The van der Waals surface area contributed by atoms with Crippen LogP contribution >= 0.6 is 12.2 Å². The molecule has 1 aromatic carbocycles. The summed E-state index contributed by atoms with van der Waals surface area (Å²) in [7, 11) is 0. The van der Waals surface area contributed by atoms with Crippen LogP contribution in [0.4, 0.5) is 0 Å². The van der Waals surface area contributed by atoms with Crippen LogP contribution in [-0.2, 0) is 19.6 Å². The van der Waals surface area contributed by atoms with Gasteiger partial charge in [-0.25, -0.2) is 4.68 Å². The molecule has 4 rings (SSSR count). The number of benzene rings is 1. The van der Waals surface area contributed by atoms with Crippen LogP contribution in [0.15, 0.2) is 67.5 Å². The van der Waals surface area contributed by atoms with Crippen LogP contribution in [0.5, 0.6) is 0 Å². The average molecular weight is 406 g/mol. The van der Waals surface area contributed by atoms with Crippen LogP contribution in [0.25, 0.3) is 11.4 Å². The highest BCUT2D eigenvalue weighted by Crippen LogP contribution is 2.23. The molecular weight excluding hydrogens is 378 g/mol. The van der Waals surface area contributed by atoms with E-state index in [0.717, 1.165) is 41.8 Å². The van der Waals surface area contributed by atoms with Crippen molar-refractivity contribution in [2.45, 2.75) is 32.5 Å². The Hall–Kier alpha value is -2.57. The van der Waals surface area contributed by atoms with Gasteiger partial charge in [0.25, 0.3) is 0 Å². The Balaban J connectivity index is 1.44. The summed E-state index contributed by atoms with van der Waals surface area (Å²) in [4.78, 5) is 6.57. The van der Waals surface area contributed by atoms with Gasteiger partial charge in [-0.15, -0.1) is 6.58 Å². The van der Waals surface area contributed by atoms with Crippen LogP contribution < -0.4 is 0 Å². The standard InChI is InChI=1S/C23H27N5S/c1-2-14-27-22(21-8-12-24-13-9-21)25-28(23(27)29)18-26-15-10-20(11-16-26)17-19-6-4-3-5-7-19/h2-9,12-13,20H,1,10-11,14-18H2. The molecule has 0 bridgehead atoms. The molecule has 3 heterocycles. The van der Waals surface area contributed by atoms with E-state index in [1.165, 1.54) is 24.8 Å². The number of allylic oxidation sites excluding steroid dienone is 1. The second-order valence-electron chi connectivity index (χ2n) is 7.63. The van der Waals surface area contributed by atoms with Crippen molar-refractivity contribution in [1.82, 2.24) is 24.2 Å². The minimum absolute atomic E-state index is 0.648. The molecule has 0 aliphatic carbocycles. The third-order valence-corrected chi connectivity index (χ3v) is 6.01. The molecule has 1 saturated heterocycles. The lowest BCUT2D eigenvalue weighted by Crippen LogP contribution is -2.36. The molecule has 1 aliphatic rings. The smallest absolute Gasteiger partial charge is 0.199 e. The molecule has 3 aromatic rings. The Bertz CT molecular complexity index is 985. The quantitative estimate of drug-likeness (QED) is 0.426. The molecule has 2 aromatic heterocycles. The van der Waals surface area contributed by atoms with Gasteiger partial charge in [0.2, 0.25) is 0 Å². The molecule has 1 aliphatic heterocycles. The van der Waals surface area contributed by atoms with Gasteiger partial charge >= 0.3 is 0 Å². The van der Waals surface area contributed by atoms with Crippen LogP contribution in [0.2, 0.25) is 0 Å². The molecule has 1 fully saturated rings. The first-order chi connectivity index (χ1) is 14.2. The Morgan fingerprint density at radius 2 is 1.79 bits per heavy atom. The second-order valence-corrected chi connectivity index (χ2v) is 8.00. The summed E-state index contributed by atoms with van der Waals surface area (Å²) in [5.74, 6) is 1.63. The van der Waals surface area contributed by atoms with Gasteiger partial charge in [0.05, 0.1) is 6.67 Å². The minimum atomic E-state index is 0.648. The maximum Gasteiger partial charge on any atom is 0.199 e. The molecule has 0 amide bonds. The van der Waals surface area contributed by atoms with Gasteiger partial charge < -0.3 is 0 Å². The van der Waals surface area contributed by atoms with Crippen LogP contribution in [0.3, 0.4) is 0 Å². The molecule has 0 spiro atoms. The lowest BCUT2D eigenvalue weighted by atomic mass is 9.90. The van der Waals surface area contributed by atoms with E-state index in [4.69, 9.17) is 17.3 Å². The van der Waals surface area contributed by atoms with Crippen LogP contribution in [-0.4, -0.2) is 37.3 Å². The first-order valence-electron chi connectivity index (χ1n) is 10.2. The molecule has 0 saturated carbocycles. The number of hydrogen-bond acceptors (Lipinski definition) is 4. The molecule has 0 radical (unpaired) electrons. The van der Waals surface area contributed by atoms with Gasteiger partial charge in [0.15, 0.2) is 10.6 Å². The highest BCUT2D eigenvalue weighted by Gasteiger charge is 2.21. The van der Waals surface area contributed by atoms with E-state index in [-0.39, 0.29) is 0 Å². The number of pyridine rings is 1. The highest BCUT2D eigenvalue weighted by molar-refractivity contribution is 7.71. The lowest BCUT2D eigenvalue weighted by Gasteiger charge is -2.31. The summed E-state index contributed by atoms with van der Waals surface area (Å²) in [5.41, 5.74) is 2.46. The summed E-state index contributed by atoms with van der Waals surface area (Å²) >= 11 is 5.73. The monoisotopic (exact) mass is 405 g/mol. The fourth-order valence-corrected chi connectivity index (χ4v) is 4.27. The molecule has 0 N–H and O–H groups in total. The Morgan fingerprint density at radius 3 is 2.48 bits per heavy atom. The van der Waals surface area contributed by atoms with Crippen molar-refractivity contribution in [2.24, 2.45) is 5.92 Å². The first kappa shape index (κ1) is 19.7. The molecule has 0 atom stereocenters. The number of aromatic nitrogens is 4. The SMILES string of the molecule is C=CCn1c(-c2ccncc2)nn(CN2CCC(Cc3ccccc3)CC2)c1=S. The van der Waals surface area contributed by atoms with Crippen LogP contribution in [0.1, 0.15) is 18.4 Å². The van der Waals surface area contributed by atoms with E-state index < -0.39 is 0 Å². The van der Waals surface area contributed by atoms with Crippen molar-refractivity contribution in [2.75, 3.05) is 13.1 Å². The fourth-order valence-electron chi connectivity index (χ4n) is 4.01. The van der Waals surface area contributed by atoms with Gasteiger partial charge in [-0.05, 0) is 55.1 Å². The van der Waals surface area contributed by atoms with Gasteiger partial charge in [0, 0.05) is 37.6 Å². The van der Waals surface area contributed by atoms with E-state index >= 15 is 0 Å². The van der Waals surface area contributed by atoms with E-state index in [1.54, 1.807) is 12.4 Å². The van der Waals surface area contributed by atoms with E-state index in [0.29, 0.717) is 6.54 Å². The number of piperidine rings is 1. The summed E-state index contributed by atoms with van der Waals surface area (Å²) in [6, 6.07) is 14.8. The molecule has 6 heteroatoms. The normalized spacial score (nSPS) is 15.4. The number of rotatable bonds is 7. The van der Waals surface area contributed by atoms with Crippen molar-refractivity contribution in [3.8, 4) is 11.4 Å². The topological polar surface area (TPSA) is 38.9 Å². The third kappa shape index (κ3) is 4.71. The van der Waals surface area contributed by atoms with Crippen LogP contribution in [0, 0.1) is 10.7 Å². The van der Waals surface area contributed by atoms with E-state index in [9.17, 15) is 0 Å². The molecule has 150 valence electrons. The fraction of sp³-hybridized carbons (Fsp3) is 0.348. The molecule has 5 nitrogen and oxygen atoms in total. The predicted molar refractivity (Wildman–Crippen MR) is 119 cm³/mol. The Labute approximate surface area is 177 Å². The summed E-state index contributed by atoms with van der Waals surface area (Å²) in [6.45, 7) is 7.42. The van der Waals surface area contributed by atoms with Gasteiger partial charge in [-0.2, -0.15) is 5.10 Å². The molecule has 0 unspecified atom stereocenters. The first-order valence-corrected chi connectivity index (χ1v) is 10.6. The van der Waals surface area contributed by atoms with Crippen molar-refractivity contribution < 1.29 is 0 Å². The van der Waals surface area contributed by atoms with Crippen molar-refractivity contribution in [1.29, 1.82) is 0 Å². The minimum Gasteiger partial charge on any atom is -0.296 e. The Morgan fingerprint density at radius 1 is 1.07 bits per heavy atom.